The summed E-state index contributed by atoms with van der Waals surface area (Å²) in [6.07, 6.45) is 4.63. The molecule has 3 aromatic rings. The van der Waals surface area contributed by atoms with Crippen LogP contribution in [-0.4, -0.2) is 45.8 Å². The summed E-state index contributed by atoms with van der Waals surface area (Å²) in [4.78, 5) is 25.2. The number of halogens is 1. The first-order valence-electron chi connectivity index (χ1n) is 10.7. The highest BCUT2D eigenvalue weighted by atomic mass is 19.1. The number of aromatic nitrogens is 4. The molecule has 0 bridgehead atoms. The number of aryl methyl sites for hydroxylation is 1. The van der Waals surface area contributed by atoms with E-state index in [-0.39, 0.29) is 23.8 Å². The topological polar surface area (TPSA) is 79.2 Å². The summed E-state index contributed by atoms with van der Waals surface area (Å²) in [7, 11) is 3.63. The molecule has 4 rings (SSSR count). The van der Waals surface area contributed by atoms with Crippen molar-refractivity contribution in [1.82, 2.24) is 19.7 Å². The Kier molecular flexibility index (Phi) is 5.82. The van der Waals surface area contributed by atoms with Gasteiger partial charge in [-0.05, 0) is 38.0 Å². The number of carbonyl (C=O) groups excluding carboxylic acids is 1. The Labute approximate surface area is 187 Å². The number of fused-ring (bicyclic) bond motifs is 1. The Bertz CT molecular complexity index is 1130. The van der Waals surface area contributed by atoms with E-state index < -0.39 is 0 Å². The summed E-state index contributed by atoms with van der Waals surface area (Å²) in [5.74, 6) is 1.00. The predicted octanol–water partition coefficient (Wildman–Crippen LogP) is 3.53. The van der Waals surface area contributed by atoms with Gasteiger partial charge in [0.25, 0.3) is 0 Å². The van der Waals surface area contributed by atoms with Gasteiger partial charge in [0.2, 0.25) is 11.9 Å². The van der Waals surface area contributed by atoms with E-state index in [9.17, 15) is 9.18 Å². The number of rotatable bonds is 6. The van der Waals surface area contributed by atoms with Crippen molar-refractivity contribution in [2.75, 3.05) is 29.2 Å². The van der Waals surface area contributed by atoms with E-state index in [0.29, 0.717) is 12.5 Å². The van der Waals surface area contributed by atoms with Gasteiger partial charge in [0, 0.05) is 32.4 Å². The van der Waals surface area contributed by atoms with Gasteiger partial charge in [0.1, 0.15) is 17.5 Å². The van der Waals surface area contributed by atoms with Crippen LogP contribution in [0.5, 0.6) is 0 Å². The lowest BCUT2D eigenvalue weighted by molar-refractivity contribution is -0.119. The van der Waals surface area contributed by atoms with Gasteiger partial charge in [-0.15, -0.1) is 0 Å². The molecule has 0 spiro atoms. The first-order valence-corrected chi connectivity index (χ1v) is 10.7. The molecule has 0 saturated carbocycles. The molecule has 1 N–H and O–H groups in total. The maximum atomic E-state index is 13.3. The van der Waals surface area contributed by atoms with Gasteiger partial charge in [-0.25, -0.2) is 9.37 Å². The minimum atomic E-state index is -0.287. The Morgan fingerprint density at radius 3 is 2.59 bits per heavy atom. The maximum absolute atomic E-state index is 13.3. The van der Waals surface area contributed by atoms with Crippen LogP contribution in [-0.2, 0) is 11.3 Å². The fourth-order valence-corrected chi connectivity index (χ4v) is 4.09. The van der Waals surface area contributed by atoms with E-state index in [0.717, 1.165) is 34.7 Å². The van der Waals surface area contributed by atoms with Crippen molar-refractivity contribution < 1.29 is 9.18 Å². The van der Waals surface area contributed by atoms with E-state index in [2.05, 4.69) is 27.3 Å². The minimum absolute atomic E-state index is 0.0199. The van der Waals surface area contributed by atoms with Crippen molar-refractivity contribution in [1.29, 1.82) is 0 Å². The lowest BCUT2D eigenvalue weighted by Crippen LogP contribution is -2.49. The fourth-order valence-electron chi connectivity index (χ4n) is 4.09. The highest BCUT2D eigenvalue weighted by Crippen LogP contribution is 2.35. The molecule has 168 valence electrons. The molecule has 9 heteroatoms. The number of likely N-dealkylation sites (N-methyl/N-ethyl adjacent to an activating group) is 2. The zero-order valence-corrected chi connectivity index (χ0v) is 19.0. The molecule has 0 unspecified atom stereocenters. The molecule has 2 aromatic heterocycles. The molecule has 1 amide bonds. The second kappa shape index (κ2) is 8.57. The van der Waals surface area contributed by atoms with Gasteiger partial charge in [-0.1, -0.05) is 19.1 Å². The standard InChI is InChI=1S/C23H28FN7O/c1-6-19(17-7-9-18(24)10-8-17)31-13-16(12-26-31)11-25-23-27-14(2)20-21(28-23)29(4)15(3)22(32)30(20)5/h7-10,12-13,15,19H,6,11H2,1-5H3,(H,25,27,28)/t15-,19-/m0/s1. The van der Waals surface area contributed by atoms with Crippen molar-refractivity contribution in [2.24, 2.45) is 0 Å². The Hall–Kier alpha value is -3.49. The summed E-state index contributed by atoms with van der Waals surface area (Å²) in [5.41, 5.74) is 3.48. The fraction of sp³-hybridized carbons (Fsp3) is 0.391. The van der Waals surface area contributed by atoms with Gasteiger partial charge in [-0.2, -0.15) is 10.1 Å². The summed E-state index contributed by atoms with van der Waals surface area (Å²) in [6, 6.07) is 6.30. The largest absolute Gasteiger partial charge is 0.350 e. The molecule has 1 aliphatic rings. The molecule has 8 nitrogen and oxygen atoms in total. The van der Waals surface area contributed by atoms with E-state index >= 15 is 0 Å². The zero-order chi connectivity index (χ0) is 23.0. The lowest BCUT2D eigenvalue weighted by Gasteiger charge is -2.37. The van der Waals surface area contributed by atoms with Crippen LogP contribution < -0.4 is 15.1 Å². The van der Waals surface area contributed by atoms with Crippen molar-refractivity contribution in [2.45, 2.75) is 45.8 Å². The van der Waals surface area contributed by atoms with Gasteiger partial charge >= 0.3 is 0 Å². The van der Waals surface area contributed by atoms with E-state index in [1.54, 1.807) is 24.1 Å². The number of carbonyl (C=O) groups is 1. The average Bonchev–Trinajstić information content (AvgIpc) is 3.25. The van der Waals surface area contributed by atoms with Gasteiger partial charge in [0.05, 0.1) is 17.9 Å². The first kappa shape index (κ1) is 21.7. The number of nitrogens with one attached hydrogen (secondary N) is 1. The monoisotopic (exact) mass is 437 g/mol. The number of hydrogen-bond donors (Lipinski definition) is 1. The summed E-state index contributed by atoms with van der Waals surface area (Å²) in [5, 5.41) is 7.79. The van der Waals surface area contributed by atoms with Crippen LogP contribution in [0.2, 0.25) is 0 Å². The third-order valence-electron chi connectivity index (χ3n) is 6.04. The van der Waals surface area contributed by atoms with Crippen molar-refractivity contribution in [3.8, 4) is 0 Å². The molecule has 1 aromatic carbocycles. The number of benzene rings is 1. The molecule has 32 heavy (non-hydrogen) atoms. The molecular weight excluding hydrogens is 409 g/mol. The molecule has 3 heterocycles. The van der Waals surface area contributed by atoms with E-state index in [1.807, 2.05) is 42.9 Å². The van der Waals surface area contributed by atoms with E-state index in [4.69, 9.17) is 0 Å². The van der Waals surface area contributed by atoms with Crippen molar-refractivity contribution in [3.63, 3.8) is 0 Å². The molecule has 0 radical (unpaired) electrons. The number of nitrogens with zero attached hydrogens (tertiary/aromatic N) is 6. The van der Waals surface area contributed by atoms with Crippen LogP contribution >= 0.6 is 0 Å². The Morgan fingerprint density at radius 2 is 1.91 bits per heavy atom. The highest BCUT2D eigenvalue weighted by molar-refractivity contribution is 6.04. The quantitative estimate of drug-likeness (QED) is 0.636. The van der Waals surface area contributed by atoms with Crippen LogP contribution in [0, 0.1) is 12.7 Å². The molecule has 1 aliphatic heterocycles. The van der Waals surface area contributed by atoms with E-state index in [1.165, 1.54) is 12.1 Å². The van der Waals surface area contributed by atoms with Crippen LogP contribution in [0.1, 0.15) is 43.1 Å². The maximum Gasteiger partial charge on any atom is 0.249 e. The Morgan fingerprint density at radius 1 is 1.19 bits per heavy atom. The predicted molar refractivity (Wildman–Crippen MR) is 122 cm³/mol. The average molecular weight is 438 g/mol. The van der Waals surface area contributed by atoms with Crippen LogP contribution in [0.3, 0.4) is 0 Å². The number of hydrogen-bond acceptors (Lipinski definition) is 6. The zero-order valence-electron chi connectivity index (χ0n) is 19.0. The smallest absolute Gasteiger partial charge is 0.249 e. The summed E-state index contributed by atoms with van der Waals surface area (Å²) >= 11 is 0. The summed E-state index contributed by atoms with van der Waals surface area (Å²) < 4.78 is 15.2. The number of anilines is 3. The molecule has 2 atom stereocenters. The second-order valence-electron chi connectivity index (χ2n) is 8.15. The minimum Gasteiger partial charge on any atom is -0.350 e. The second-order valence-corrected chi connectivity index (χ2v) is 8.15. The van der Waals surface area contributed by atoms with Crippen LogP contribution in [0.25, 0.3) is 0 Å². The Balaban J connectivity index is 1.51. The first-order chi connectivity index (χ1) is 15.3. The molecule has 0 fully saturated rings. The lowest BCUT2D eigenvalue weighted by atomic mass is 10.0. The van der Waals surface area contributed by atoms with Crippen molar-refractivity contribution in [3.05, 3.63) is 59.3 Å². The highest BCUT2D eigenvalue weighted by Gasteiger charge is 2.34. The SMILES string of the molecule is CC[C@@H](c1ccc(F)cc1)n1cc(CNc2nc(C)c3c(n2)N(C)[C@@H](C)C(=O)N3C)cn1. The third-order valence-corrected chi connectivity index (χ3v) is 6.04. The van der Waals surface area contributed by atoms with Gasteiger partial charge < -0.3 is 15.1 Å². The molecular formula is C23H28FN7O. The molecule has 0 saturated heterocycles. The van der Waals surface area contributed by atoms with Crippen molar-refractivity contribution >= 4 is 23.4 Å². The van der Waals surface area contributed by atoms with Crippen LogP contribution in [0.4, 0.5) is 21.8 Å². The van der Waals surface area contributed by atoms with Crippen LogP contribution in [0.15, 0.2) is 36.7 Å². The normalized spacial score (nSPS) is 16.8. The summed E-state index contributed by atoms with van der Waals surface area (Å²) in [6.45, 7) is 6.33. The molecule has 0 aliphatic carbocycles. The van der Waals surface area contributed by atoms with Gasteiger partial charge in [0.15, 0.2) is 5.82 Å². The van der Waals surface area contributed by atoms with Gasteiger partial charge in [-0.3, -0.25) is 9.48 Å². The number of amides is 1. The third kappa shape index (κ3) is 3.90.